The maximum atomic E-state index is 12.6. The van der Waals surface area contributed by atoms with Crippen LogP contribution in [-0.4, -0.2) is 17.9 Å². The van der Waals surface area contributed by atoms with Crippen molar-refractivity contribution in [3.05, 3.63) is 45.8 Å². The number of nitrogens with two attached hydrogens (primary N) is 1. The summed E-state index contributed by atoms with van der Waals surface area (Å²) >= 11 is 1.45. The van der Waals surface area contributed by atoms with Gasteiger partial charge in [0.05, 0.1) is 5.56 Å². The zero-order valence-corrected chi connectivity index (χ0v) is 17.0. The number of anilines is 1. The standard InChI is InChI=1S/C21H26N2O3S/c1-12(26-14-10-8-13(9-11-14)21(2,3)4)19(25)23-20-17(18(22)24)15-6-5-7-16(15)27-20/h8-12H,5-7H2,1-4H3,(H2,22,24)(H,23,25). The Morgan fingerprint density at radius 1 is 1.19 bits per heavy atom. The minimum atomic E-state index is -0.692. The van der Waals surface area contributed by atoms with Gasteiger partial charge in [-0.2, -0.15) is 0 Å². The first-order valence-electron chi connectivity index (χ1n) is 9.19. The molecule has 0 saturated carbocycles. The second-order valence-electron chi connectivity index (χ2n) is 7.95. The minimum Gasteiger partial charge on any atom is -0.481 e. The molecule has 2 amide bonds. The molecule has 144 valence electrons. The van der Waals surface area contributed by atoms with E-state index in [9.17, 15) is 9.59 Å². The molecule has 0 spiro atoms. The lowest BCUT2D eigenvalue weighted by atomic mass is 9.87. The van der Waals surface area contributed by atoms with E-state index in [-0.39, 0.29) is 11.3 Å². The molecule has 0 bridgehead atoms. The van der Waals surface area contributed by atoms with Crippen LogP contribution in [0.3, 0.4) is 0 Å². The summed E-state index contributed by atoms with van der Waals surface area (Å²) in [6, 6.07) is 7.77. The molecule has 0 aliphatic heterocycles. The number of amides is 2. The van der Waals surface area contributed by atoms with Crippen molar-refractivity contribution in [3.8, 4) is 5.75 Å². The van der Waals surface area contributed by atoms with Gasteiger partial charge in [-0.1, -0.05) is 32.9 Å². The number of rotatable bonds is 5. The van der Waals surface area contributed by atoms with Crippen LogP contribution in [0.1, 0.15) is 60.5 Å². The van der Waals surface area contributed by atoms with Gasteiger partial charge in [0.1, 0.15) is 10.8 Å². The van der Waals surface area contributed by atoms with Crippen LogP contribution in [0.25, 0.3) is 0 Å². The van der Waals surface area contributed by atoms with E-state index in [2.05, 4.69) is 26.1 Å². The third-order valence-corrected chi connectivity index (χ3v) is 6.01. The fraction of sp³-hybridized carbons (Fsp3) is 0.429. The normalized spacial score (nSPS) is 14.5. The molecular weight excluding hydrogens is 360 g/mol. The molecule has 27 heavy (non-hydrogen) atoms. The second kappa shape index (κ2) is 7.35. The summed E-state index contributed by atoms with van der Waals surface area (Å²) in [6.07, 6.45) is 2.11. The van der Waals surface area contributed by atoms with E-state index in [0.717, 1.165) is 29.7 Å². The van der Waals surface area contributed by atoms with E-state index >= 15 is 0 Å². The molecule has 1 unspecified atom stereocenters. The van der Waals surface area contributed by atoms with Crippen LogP contribution in [-0.2, 0) is 23.1 Å². The van der Waals surface area contributed by atoms with Crippen LogP contribution < -0.4 is 15.8 Å². The molecule has 6 heteroatoms. The highest BCUT2D eigenvalue weighted by atomic mass is 32.1. The predicted octanol–water partition coefficient (Wildman–Crippen LogP) is 4.04. The minimum absolute atomic E-state index is 0.0618. The van der Waals surface area contributed by atoms with E-state index in [1.54, 1.807) is 6.92 Å². The van der Waals surface area contributed by atoms with Gasteiger partial charge < -0.3 is 15.8 Å². The topological polar surface area (TPSA) is 81.4 Å². The molecule has 5 nitrogen and oxygen atoms in total. The lowest BCUT2D eigenvalue weighted by Gasteiger charge is -2.20. The molecular formula is C21H26N2O3S. The van der Waals surface area contributed by atoms with Crippen molar-refractivity contribution >= 4 is 28.2 Å². The third kappa shape index (κ3) is 4.16. The monoisotopic (exact) mass is 386 g/mol. The molecule has 3 rings (SSSR count). The number of carbonyl (C=O) groups is 2. The van der Waals surface area contributed by atoms with Gasteiger partial charge in [0.15, 0.2) is 6.10 Å². The Morgan fingerprint density at radius 3 is 2.44 bits per heavy atom. The summed E-state index contributed by atoms with van der Waals surface area (Å²) in [4.78, 5) is 25.6. The average Bonchev–Trinajstić information content (AvgIpc) is 3.14. The maximum Gasteiger partial charge on any atom is 0.265 e. The van der Waals surface area contributed by atoms with Crippen LogP contribution >= 0.6 is 11.3 Å². The van der Waals surface area contributed by atoms with E-state index < -0.39 is 12.0 Å². The summed E-state index contributed by atoms with van der Waals surface area (Å²) in [5.74, 6) is -0.150. The van der Waals surface area contributed by atoms with Crippen molar-refractivity contribution in [2.75, 3.05) is 5.32 Å². The Bertz CT molecular complexity index is 863. The van der Waals surface area contributed by atoms with Crippen LogP contribution in [0.15, 0.2) is 24.3 Å². The highest BCUT2D eigenvalue weighted by Gasteiger charge is 2.27. The van der Waals surface area contributed by atoms with Crippen molar-refractivity contribution in [2.45, 2.75) is 58.5 Å². The molecule has 1 aliphatic carbocycles. The number of hydrogen-bond acceptors (Lipinski definition) is 4. The van der Waals surface area contributed by atoms with Crippen LogP contribution in [0, 0.1) is 0 Å². The van der Waals surface area contributed by atoms with Crippen LogP contribution in [0.4, 0.5) is 5.00 Å². The van der Waals surface area contributed by atoms with E-state index in [1.807, 2.05) is 24.3 Å². The van der Waals surface area contributed by atoms with Crippen molar-refractivity contribution in [1.82, 2.24) is 0 Å². The first kappa shape index (κ1) is 19.4. The largest absolute Gasteiger partial charge is 0.481 e. The zero-order valence-electron chi connectivity index (χ0n) is 16.2. The predicted molar refractivity (Wildman–Crippen MR) is 109 cm³/mol. The van der Waals surface area contributed by atoms with Gasteiger partial charge in [-0.3, -0.25) is 9.59 Å². The van der Waals surface area contributed by atoms with Crippen molar-refractivity contribution in [3.63, 3.8) is 0 Å². The fourth-order valence-electron chi connectivity index (χ4n) is 3.26. The van der Waals surface area contributed by atoms with Crippen molar-refractivity contribution < 1.29 is 14.3 Å². The van der Waals surface area contributed by atoms with E-state index in [0.29, 0.717) is 16.3 Å². The third-order valence-electron chi connectivity index (χ3n) is 4.81. The SMILES string of the molecule is CC(Oc1ccc(C(C)(C)C)cc1)C(=O)Nc1sc2c(c1C(N)=O)CCC2. The molecule has 1 atom stereocenters. The Hall–Kier alpha value is -2.34. The number of hydrogen-bond donors (Lipinski definition) is 2. The van der Waals surface area contributed by atoms with E-state index in [4.69, 9.17) is 10.5 Å². The molecule has 0 fully saturated rings. The first-order chi connectivity index (χ1) is 12.7. The van der Waals surface area contributed by atoms with Gasteiger partial charge >= 0.3 is 0 Å². The molecule has 0 saturated heterocycles. The first-order valence-corrected chi connectivity index (χ1v) is 10.0. The molecule has 1 aromatic carbocycles. The van der Waals surface area contributed by atoms with Gasteiger partial charge in [-0.25, -0.2) is 0 Å². The summed E-state index contributed by atoms with van der Waals surface area (Å²) in [6.45, 7) is 8.13. The molecule has 3 N–H and O–H groups in total. The molecule has 0 radical (unpaired) electrons. The number of carbonyl (C=O) groups excluding carboxylic acids is 2. The quantitative estimate of drug-likeness (QED) is 0.814. The van der Waals surface area contributed by atoms with Gasteiger partial charge in [0.25, 0.3) is 11.8 Å². The smallest absolute Gasteiger partial charge is 0.265 e. The number of benzene rings is 1. The number of thiophene rings is 1. The Labute approximate surface area is 163 Å². The summed E-state index contributed by atoms with van der Waals surface area (Å²) in [5.41, 5.74) is 8.26. The Balaban J connectivity index is 1.69. The lowest BCUT2D eigenvalue weighted by molar-refractivity contribution is -0.122. The van der Waals surface area contributed by atoms with Gasteiger partial charge in [-0.15, -0.1) is 11.3 Å². The molecule has 2 aromatic rings. The number of fused-ring (bicyclic) bond motifs is 1. The Kier molecular flexibility index (Phi) is 5.29. The van der Waals surface area contributed by atoms with Gasteiger partial charge in [-0.05, 0) is 54.9 Å². The number of aryl methyl sites for hydroxylation is 1. The number of ether oxygens (including phenoxy) is 1. The highest BCUT2D eigenvalue weighted by molar-refractivity contribution is 7.17. The van der Waals surface area contributed by atoms with Gasteiger partial charge in [0.2, 0.25) is 0 Å². The summed E-state index contributed by atoms with van der Waals surface area (Å²) in [7, 11) is 0. The Morgan fingerprint density at radius 2 is 1.85 bits per heavy atom. The average molecular weight is 387 g/mol. The fourth-order valence-corrected chi connectivity index (χ4v) is 4.56. The maximum absolute atomic E-state index is 12.6. The summed E-state index contributed by atoms with van der Waals surface area (Å²) in [5, 5.41) is 3.37. The number of nitrogens with one attached hydrogen (secondary N) is 1. The highest BCUT2D eigenvalue weighted by Crippen LogP contribution is 2.39. The second-order valence-corrected chi connectivity index (χ2v) is 9.05. The number of primary amides is 1. The van der Waals surface area contributed by atoms with Gasteiger partial charge in [0, 0.05) is 4.88 Å². The van der Waals surface area contributed by atoms with Crippen LogP contribution in [0.2, 0.25) is 0 Å². The molecule has 1 heterocycles. The van der Waals surface area contributed by atoms with Crippen LogP contribution in [0.5, 0.6) is 5.75 Å². The van der Waals surface area contributed by atoms with Crippen molar-refractivity contribution in [2.24, 2.45) is 5.73 Å². The van der Waals surface area contributed by atoms with E-state index in [1.165, 1.54) is 16.9 Å². The molecule has 1 aliphatic rings. The lowest BCUT2D eigenvalue weighted by Crippen LogP contribution is -2.30. The van der Waals surface area contributed by atoms with Crippen molar-refractivity contribution in [1.29, 1.82) is 0 Å². The summed E-state index contributed by atoms with van der Waals surface area (Å²) < 4.78 is 5.77. The molecule has 1 aromatic heterocycles. The zero-order chi connectivity index (χ0) is 19.8.